The van der Waals surface area contributed by atoms with Crippen LogP contribution in [-0.2, 0) is 18.4 Å². The summed E-state index contributed by atoms with van der Waals surface area (Å²) in [6, 6.07) is 0.00771. The second-order valence-corrected chi connectivity index (χ2v) is 6.92. The lowest BCUT2D eigenvalue weighted by Crippen LogP contribution is -2.39. The van der Waals surface area contributed by atoms with Gasteiger partial charge in [-0.3, -0.25) is 9.36 Å². The van der Waals surface area contributed by atoms with E-state index in [1.165, 1.54) is 0 Å². The summed E-state index contributed by atoms with van der Waals surface area (Å²) in [5.74, 6) is -0.242. The molecular weight excluding hydrogens is 265 g/mol. The van der Waals surface area contributed by atoms with Crippen LogP contribution in [0, 0.1) is 0 Å². The molecule has 114 valence electrons. The molecule has 0 rings (SSSR count). The van der Waals surface area contributed by atoms with Gasteiger partial charge in [-0.1, -0.05) is 19.8 Å². The standard InChI is InChI=1S/C13H28NO4P/c1-6-9-10-12(13(15)14-11(4)5)19(16,17-7-2)18-8-3/h11-12H,6-10H2,1-5H3,(H,14,15). The van der Waals surface area contributed by atoms with E-state index in [4.69, 9.17) is 9.05 Å². The van der Waals surface area contributed by atoms with Gasteiger partial charge in [0.25, 0.3) is 0 Å². The topological polar surface area (TPSA) is 64.6 Å². The van der Waals surface area contributed by atoms with Crippen LogP contribution in [0.2, 0.25) is 0 Å². The number of amides is 1. The minimum Gasteiger partial charge on any atom is -0.353 e. The Hall–Kier alpha value is -0.380. The van der Waals surface area contributed by atoms with Crippen LogP contribution in [0.3, 0.4) is 0 Å². The molecule has 0 spiro atoms. The molecule has 0 heterocycles. The van der Waals surface area contributed by atoms with Crippen LogP contribution < -0.4 is 5.32 Å². The van der Waals surface area contributed by atoms with Crippen molar-refractivity contribution >= 4 is 13.5 Å². The minimum atomic E-state index is -3.38. The smallest absolute Gasteiger partial charge is 0.343 e. The molecule has 0 saturated heterocycles. The summed E-state index contributed by atoms with van der Waals surface area (Å²) in [6.07, 6.45) is 2.27. The maximum Gasteiger partial charge on any atom is 0.343 e. The highest BCUT2D eigenvalue weighted by Gasteiger charge is 2.40. The first-order chi connectivity index (χ1) is 8.91. The first-order valence-corrected chi connectivity index (χ1v) is 8.71. The highest BCUT2D eigenvalue weighted by atomic mass is 31.2. The Morgan fingerprint density at radius 2 is 1.68 bits per heavy atom. The van der Waals surface area contributed by atoms with Crippen LogP contribution in [0.15, 0.2) is 0 Å². The second kappa shape index (κ2) is 9.51. The number of rotatable bonds is 10. The van der Waals surface area contributed by atoms with Gasteiger partial charge in [0, 0.05) is 6.04 Å². The van der Waals surface area contributed by atoms with Crippen molar-refractivity contribution in [2.75, 3.05) is 13.2 Å². The third-order valence-electron chi connectivity index (χ3n) is 2.56. The van der Waals surface area contributed by atoms with E-state index in [1.807, 2.05) is 20.8 Å². The molecule has 0 aromatic carbocycles. The molecule has 0 bridgehead atoms. The van der Waals surface area contributed by atoms with E-state index >= 15 is 0 Å². The lowest BCUT2D eigenvalue weighted by Gasteiger charge is -2.26. The Labute approximate surface area is 117 Å². The highest BCUT2D eigenvalue weighted by molar-refractivity contribution is 7.55. The molecule has 0 aliphatic heterocycles. The third-order valence-corrected chi connectivity index (χ3v) is 5.06. The van der Waals surface area contributed by atoms with Gasteiger partial charge in [0.05, 0.1) is 13.2 Å². The summed E-state index contributed by atoms with van der Waals surface area (Å²) in [6.45, 7) is 9.83. The van der Waals surface area contributed by atoms with E-state index in [9.17, 15) is 9.36 Å². The molecule has 1 unspecified atom stereocenters. The molecule has 0 fully saturated rings. The molecule has 19 heavy (non-hydrogen) atoms. The van der Waals surface area contributed by atoms with Gasteiger partial charge in [0.1, 0.15) is 5.66 Å². The largest absolute Gasteiger partial charge is 0.353 e. The fourth-order valence-corrected chi connectivity index (χ4v) is 3.80. The average molecular weight is 293 g/mol. The average Bonchev–Trinajstić information content (AvgIpc) is 2.28. The maximum atomic E-state index is 12.7. The van der Waals surface area contributed by atoms with E-state index in [2.05, 4.69) is 5.32 Å². The molecule has 6 heteroatoms. The SMILES string of the molecule is CCCCC(C(=O)NC(C)C)P(=O)(OCC)OCC. The Balaban J connectivity index is 5.05. The molecule has 1 amide bonds. The lowest BCUT2D eigenvalue weighted by atomic mass is 10.2. The van der Waals surface area contributed by atoms with E-state index < -0.39 is 13.3 Å². The zero-order chi connectivity index (χ0) is 14.9. The Bertz CT molecular complexity index is 297. The van der Waals surface area contributed by atoms with E-state index in [0.29, 0.717) is 6.42 Å². The zero-order valence-corrected chi connectivity index (χ0v) is 13.7. The van der Waals surface area contributed by atoms with E-state index in [0.717, 1.165) is 12.8 Å². The fraction of sp³-hybridized carbons (Fsp3) is 0.923. The molecule has 0 radical (unpaired) electrons. The van der Waals surface area contributed by atoms with Gasteiger partial charge in [-0.05, 0) is 34.1 Å². The van der Waals surface area contributed by atoms with Gasteiger partial charge >= 0.3 is 7.60 Å². The first-order valence-electron chi connectivity index (χ1n) is 7.10. The van der Waals surface area contributed by atoms with Crippen molar-refractivity contribution in [2.24, 2.45) is 0 Å². The molecular formula is C13H28NO4P. The third kappa shape index (κ3) is 6.55. The fourth-order valence-electron chi connectivity index (χ4n) is 1.79. The van der Waals surface area contributed by atoms with Crippen molar-refractivity contribution in [3.63, 3.8) is 0 Å². The Morgan fingerprint density at radius 1 is 1.16 bits per heavy atom. The van der Waals surface area contributed by atoms with E-state index in [-0.39, 0.29) is 25.2 Å². The van der Waals surface area contributed by atoms with Gasteiger partial charge in [-0.25, -0.2) is 0 Å². The summed E-state index contributed by atoms with van der Waals surface area (Å²) in [4.78, 5) is 12.2. The number of unbranched alkanes of at least 4 members (excludes halogenated alkanes) is 1. The van der Waals surface area contributed by atoms with Gasteiger partial charge in [0.2, 0.25) is 5.91 Å². The molecule has 0 aromatic heterocycles. The molecule has 0 aromatic rings. The number of hydrogen-bond acceptors (Lipinski definition) is 4. The second-order valence-electron chi connectivity index (χ2n) is 4.70. The van der Waals surface area contributed by atoms with Gasteiger partial charge in [0.15, 0.2) is 0 Å². The van der Waals surface area contributed by atoms with Crippen molar-refractivity contribution in [2.45, 2.75) is 65.6 Å². The first kappa shape index (κ1) is 18.6. The molecule has 5 nitrogen and oxygen atoms in total. The van der Waals surface area contributed by atoms with Crippen LogP contribution >= 0.6 is 7.60 Å². The molecule has 0 saturated carbocycles. The van der Waals surface area contributed by atoms with Crippen LogP contribution in [0.5, 0.6) is 0 Å². The predicted octanol–water partition coefficient (Wildman–Crippen LogP) is 3.34. The number of carbonyl (C=O) groups is 1. The van der Waals surface area contributed by atoms with Crippen LogP contribution in [-0.4, -0.2) is 30.8 Å². The van der Waals surface area contributed by atoms with Gasteiger partial charge in [-0.15, -0.1) is 0 Å². The molecule has 0 aliphatic rings. The molecule has 0 aliphatic carbocycles. The van der Waals surface area contributed by atoms with E-state index in [1.54, 1.807) is 13.8 Å². The molecule has 1 atom stereocenters. The van der Waals surface area contributed by atoms with Crippen molar-refractivity contribution < 1.29 is 18.4 Å². The summed E-state index contributed by atoms with van der Waals surface area (Å²) in [5, 5.41) is 2.80. The highest BCUT2D eigenvalue weighted by Crippen LogP contribution is 2.54. The lowest BCUT2D eigenvalue weighted by molar-refractivity contribution is -0.121. The minimum absolute atomic E-state index is 0.00771. The zero-order valence-electron chi connectivity index (χ0n) is 12.8. The number of nitrogens with one attached hydrogen (secondary N) is 1. The van der Waals surface area contributed by atoms with Gasteiger partial charge < -0.3 is 14.4 Å². The Morgan fingerprint density at radius 3 is 2.05 bits per heavy atom. The maximum absolute atomic E-state index is 12.7. The van der Waals surface area contributed by atoms with Crippen LogP contribution in [0.4, 0.5) is 0 Å². The normalized spacial score (nSPS) is 13.6. The van der Waals surface area contributed by atoms with Crippen molar-refractivity contribution in [1.82, 2.24) is 5.32 Å². The summed E-state index contributed by atoms with van der Waals surface area (Å²) in [7, 11) is -3.38. The van der Waals surface area contributed by atoms with Crippen molar-refractivity contribution in [3.05, 3.63) is 0 Å². The monoisotopic (exact) mass is 293 g/mol. The van der Waals surface area contributed by atoms with Crippen molar-refractivity contribution in [1.29, 1.82) is 0 Å². The summed E-state index contributed by atoms with van der Waals surface area (Å²) < 4.78 is 23.3. The summed E-state index contributed by atoms with van der Waals surface area (Å²) in [5.41, 5.74) is -0.713. The van der Waals surface area contributed by atoms with Crippen LogP contribution in [0.25, 0.3) is 0 Å². The van der Waals surface area contributed by atoms with Crippen molar-refractivity contribution in [3.8, 4) is 0 Å². The predicted molar refractivity (Wildman–Crippen MR) is 77.5 cm³/mol. The van der Waals surface area contributed by atoms with Crippen LogP contribution in [0.1, 0.15) is 53.9 Å². The van der Waals surface area contributed by atoms with Gasteiger partial charge in [-0.2, -0.15) is 0 Å². The quantitative estimate of drug-likeness (QED) is 0.627. The molecule has 1 N–H and O–H groups in total. The summed E-state index contributed by atoms with van der Waals surface area (Å²) >= 11 is 0. The Kier molecular flexibility index (Phi) is 9.32. The number of carbonyl (C=O) groups excluding carboxylic acids is 1. The number of hydrogen-bond donors (Lipinski definition) is 1.